The van der Waals surface area contributed by atoms with E-state index in [9.17, 15) is 4.79 Å². The van der Waals surface area contributed by atoms with E-state index in [0.717, 1.165) is 0 Å². The van der Waals surface area contributed by atoms with E-state index in [1.807, 2.05) is 0 Å². The third-order valence-corrected chi connectivity index (χ3v) is 1.86. The van der Waals surface area contributed by atoms with Gasteiger partial charge < -0.3 is 5.11 Å². The highest BCUT2D eigenvalue weighted by Crippen LogP contribution is 2.51. The van der Waals surface area contributed by atoms with Gasteiger partial charge in [-0.15, -0.1) is 6.42 Å². The van der Waals surface area contributed by atoms with Crippen LogP contribution in [0, 0.1) is 23.7 Å². The second-order valence-corrected chi connectivity index (χ2v) is 2.66. The van der Waals surface area contributed by atoms with Crippen molar-refractivity contribution in [2.24, 2.45) is 11.3 Å². The number of carboxylic acids is 1. The molecule has 2 atom stereocenters. The van der Waals surface area contributed by atoms with Crippen LogP contribution < -0.4 is 0 Å². The minimum absolute atomic E-state index is 0.289. The molecule has 0 spiro atoms. The van der Waals surface area contributed by atoms with Crippen molar-refractivity contribution in [2.45, 2.75) is 13.3 Å². The molecule has 0 amide bonds. The van der Waals surface area contributed by atoms with Gasteiger partial charge in [0.15, 0.2) is 0 Å². The standard InChI is InChI=1S/C7H8O2/c1-3-7(2)4-5(7)6(8)9/h1,5H,4H2,2H3,(H,8,9). The van der Waals surface area contributed by atoms with Crippen LogP contribution in [0.4, 0.5) is 0 Å². The Kier molecular flexibility index (Phi) is 1.03. The number of hydrogen-bond donors (Lipinski definition) is 1. The first-order valence-electron chi connectivity index (χ1n) is 2.81. The third-order valence-electron chi connectivity index (χ3n) is 1.86. The first-order valence-corrected chi connectivity index (χ1v) is 2.81. The van der Waals surface area contributed by atoms with Gasteiger partial charge in [-0.2, -0.15) is 0 Å². The fraction of sp³-hybridized carbons (Fsp3) is 0.571. The monoisotopic (exact) mass is 124 g/mol. The quantitative estimate of drug-likeness (QED) is 0.523. The lowest BCUT2D eigenvalue weighted by Crippen LogP contribution is -2.04. The van der Waals surface area contributed by atoms with E-state index in [1.165, 1.54) is 0 Å². The van der Waals surface area contributed by atoms with Crippen LogP contribution in [-0.2, 0) is 4.79 Å². The molecule has 0 radical (unpaired) electrons. The number of terminal acetylenes is 1. The molecule has 48 valence electrons. The SMILES string of the molecule is C#CC1(C)CC1C(=O)O. The molecule has 0 saturated heterocycles. The molecule has 9 heavy (non-hydrogen) atoms. The molecule has 0 aromatic carbocycles. The molecule has 1 N–H and O–H groups in total. The Labute approximate surface area is 53.9 Å². The van der Waals surface area contributed by atoms with Gasteiger partial charge in [-0.25, -0.2) is 0 Å². The van der Waals surface area contributed by atoms with Crippen LogP contribution in [0.1, 0.15) is 13.3 Å². The maximum atomic E-state index is 10.2. The van der Waals surface area contributed by atoms with Crippen LogP contribution in [0.5, 0.6) is 0 Å². The van der Waals surface area contributed by atoms with Crippen LogP contribution in [0.25, 0.3) is 0 Å². The summed E-state index contributed by atoms with van der Waals surface area (Å²) in [5.41, 5.74) is -0.341. The van der Waals surface area contributed by atoms with Gasteiger partial charge in [0.25, 0.3) is 0 Å². The predicted octanol–water partition coefficient (Wildman–Crippen LogP) is 0.730. The molecule has 0 heterocycles. The maximum absolute atomic E-state index is 10.2. The van der Waals surface area contributed by atoms with Crippen molar-refractivity contribution in [3.8, 4) is 12.3 Å². The lowest BCUT2D eigenvalue weighted by molar-refractivity contribution is -0.139. The van der Waals surface area contributed by atoms with Crippen molar-refractivity contribution in [2.75, 3.05) is 0 Å². The molecule has 1 aliphatic carbocycles. The number of rotatable bonds is 1. The smallest absolute Gasteiger partial charge is 0.308 e. The normalized spacial score (nSPS) is 39.3. The molecule has 1 fully saturated rings. The molecule has 0 bridgehead atoms. The summed E-state index contributed by atoms with van der Waals surface area (Å²) in [5, 5.41) is 8.42. The molecular weight excluding hydrogens is 116 g/mol. The number of hydrogen-bond acceptors (Lipinski definition) is 1. The summed E-state index contributed by atoms with van der Waals surface area (Å²) in [4.78, 5) is 10.2. The number of carboxylic acid groups (broad SMARTS) is 1. The first kappa shape index (κ1) is 6.15. The summed E-state index contributed by atoms with van der Waals surface area (Å²) in [5.74, 6) is 1.41. The van der Waals surface area contributed by atoms with Gasteiger partial charge in [-0.1, -0.05) is 5.92 Å². The van der Waals surface area contributed by atoms with Gasteiger partial charge in [0, 0.05) is 5.41 Å². The summed E-state index contributed by atoms with van der Waals surface area (Å²) >= 11 is 0. The lowest BCUT2D eigenvalue weighted by atomic mass is 10.1. The highest BCUT2D eigenvalue weighted by molar-refractivity contribution is 5.75. The fourth-order valence-corrected chi connectivity index (χ4v) is 0.884. The predicted molar refractivity (Wildman–Crippen MR) is 32.7 cm³/mol. The molecule has 1 saturated carbocycles. The van der Waals surface area contributed by atoms with Gasteiger partial charge >= 0.3 is 5.97 Å². The van der Waals surface area contributed by atoms with Crippen LogP contribution in [0.15, 0.2) is 0 Å². The topological polar surface area (TPSA) is 37.3 Å². The van der Waals surface area contributed by atoms with Crippen molar-refractivity contribution in [3.63, 3.8) is 0 Å². The Morgan fingerprint density at radius 3 is 2.67 bits per heavy atom. The van der Waals surface area contributed by atoms with Crippen LogP contribution >= 0.6 is 0 Å². The van der Waals surface area contributed by atoms with Gasteiger partial charge in [0.1, 0.15) is 0 Å². The van der Waals surface area contributed by atoms with E-state index in [4.69, 9.17) is 11.5 Å². The van der Waals surface area contributed by atoms with Gasteiger partial charge in [0.2, 0.25) is 0 Å². The molecule has 2 heteroatoms. The van der Waals surface area contributed by atoms with Crippen LogP contribution in [-0.4, -0.2) is 11.1 Å². The Morgan fingerprint density at radius 2 is 2.56 bits per heavy atom. The molecule has 1 rings (SSSR count). The summed E-state index contributed by atoms with van der Waals surface area (Å²) < 4.78 is 0. The third kappa shape index (κ3) is 0.787. The Bertz CT molecular complexity index is 190. The second kappa shape index (κ2) is 1.51. The average molecular weight is 124 g/mol. The highest BCUT2D eigenvalue weighted by Gasteiger charge is 2.53. The Hall–Kier alpha value is -0.970. The van der Waals surface area contributed by atoms with Gasteiger partial charge in [-0.3, -0.25) is 4.79 Å². The molecular formula is C7H8O2. The van der Waals surface area contributed by atoms with Gasteiger partial charge in [0.05, 0.1) is 5.92 Å². The van der Waals surface area contributed by atoms with E-state index in [-0.39, 0.29) is 11.3 Å². The second-order valence-electron chi connectivity index (χ2n) is 2.66. The van der Waals surface area contributed by atoms with E-state index < -0.39 is 5.97 Å². The average Bonchev–Trinajstić information content (AvgIpc) is 2.44. The largest absolute Gasteiger partial charge is 0.481 e. The molecule has 0 aromatic rings. The molecule has 2 unspecified atom stereocenters. The first-order chi connectivity index (χ1) is 4.10. The zero-order valence-electron chi connectivity index (χ0n) is 5.22. The Morgan fingerprint density at radius 1 is 2.00 bits per heavy atom. The highest BCUT2D eigenvalue weighted by atomic mass is 16.4. The van der Waals surface area contributed by atoms with Crippen molar-refractivity contribution >= 4 is 5.97 Å². The maximum Gasteiger partial charge on any atom is 0.308 e. The van der Waals surface area contributed by atoms with Crippen molar-refractivity contribution in [1.82, 2.24) is 0 Å². The van der Waals surface area contributed by atoms with Gasteiger partial charge in [-0.05, 0) is 13.3 Å². The van der Waals surface area contributed by atoms with Crippen LogP contribution in [0.3, 0.4) is 0 Å². The van der Waals surface area contributed by atoms with E-state index >= 15 is 0 Å². The summed E-state index contributed by atoms with van der Waals surface area (Å²) in [6.07, 6.45) is 5.72. The van der Waals surface area contributed by atoms with Crippen LogP contribution in [0.2, 0.25) is 0 Å². The van der Waals surface area contributed by atoms with E-state index in [0.29, 0.717) is 6.42 Å². The van der Waals surface area contributed by atoms with Crippen molar-refractivity contribution in [1.29, 1.82) is 0 Å². The van der Waals surface area contributed by atoms with Crippen molar-refractivity contribution < 1.29 is 9.90 Å². The summed E-state index contributed by atoms with van der Waals surface area (Å²) in [7, 11) is 0. The minimum atomic E-state index is -0.768. The zero-order chi connectivity index (χ0) is 7.07. The summed E-state index contributed by atoms with van der Waals surface area (Å²) in [6.45, 7) is 1.80. The Balaban J connectivity index is 2.61. The lowest BCUT2D eigenvalue weighted by Gasteiger charge is -1.94. The summed E-state index contributed by atoms with van der Waals surface area (Å²) in [6, 6.07) is 0. The molecule has 1 aliphatic rings. The number of carbonyl (C=O) groups is 1. The minimum Gasteiger partial charge on any atom is -0.481 e. The fourth-order valence-electron chi connectivity index (χ4n) is 0.884. The van der Waals surface area contributed by atoms with E-state index in [1.54, 1.807) is 6.92 Å². The van der Waals surface area contributed by atoms with Crippen molar-refractivity contribution in [3.05, 3.63) is 0 Å². The zero-order valence-corrected chi connectivity index (χ0v) is 5.22. The number of aliphatic carboxylic acids is 1. The molecule has 2 nitrogen and oxygen atoms in total. The molecule has 0 aromatic heterocycles. The van der Waals surface area contributed by atoms with E-state index in [2.05, 4.69) is 5.92 Å². The molecule has 0 aliphatic heterocycles.